The lowest BCUT2D eigenvalue weighted by Gasteiger charge is -2.38. The minimum absolute atomic E-state index is 0.444. The molecule has 0 bridgehead atoms. The highest BCUT2D eigenvalue weighted by molar-refractivity contribution is 5.14. The van der Waals surface area contributed by atoms with Crippen LogP contribution in [0.2, 0.25) is 0 Å². The van der Waals surface area contributed by atoms with Gasteiger partial charge in [-0.05, 0) is 37.4 Å². The first-order valence-corrected chi connectivity index (χ1v) is 7.50. The van der Waals surface area contributed by atoms with Gasteiger partial charge in [0.1, 0.15) is 0 Å². The van der Waals surface area contributed by atoms with E-state index in [1.165, 1.54) is 18.4 Å². The molecule has 1 atom stereocenters. The van der Waals surface area contributed by atoms with Crippen molar-refractivity contribution in [1.82, 2.24) is 10.2 Å². The molecule has 0 radical (unpaired) electrons. The Balaban J connectivity index is 1.55. The van der Waals surface area contributed by atoms with Gasteiger partial charge in [-0.2, -0.15) is 0 Å². The molecule has 0 saturated carbocycles. The molecule has 0 unspecified atom stereocenters. The van der Waals surface area contributed by atoms with Gasteiger partial charge < -0.3 is 10.1 Å². The maximum atomic E-state index is 6.02. The van der Waals surface area contributed by atoms with Crippen LogP contribution in [-0.4, -0.2) is 43.8 Å². The number of nitrogens with one attached hydrogen (secondary N) is 1. The summed E-state index contributed by atoms with van der Waals surface area (Å²) >= 11 is 0. The Morgan fingerprint density at radius 3 is 2.74 bits per heavy atom. The first-order valence-electron chi connectivity index (χ1n) is 7.50. The van der Waals surface area contributed by atoms with E-state index in [2.05, 4.69) is 40.5 Å². The fraction of sp³-hybridized carbons (Fsp3) is 0.625. The van der Waals surface area contributed by atoms with Crippen molar-refractivity contribution in [1.29, 1.82) is 0 Å². The van der Waals surface area contributed by atoms with Crippen molar-refractivity contribution in [3.8, 4) is 0 Å². The normalized spacial score (nSPS) is 26.4. The van der Waals surface area contributed by atoms with Gasteiger partial charge >= 0.3 is 0 Å². The van der Waals surface area contributed by atoms with E-state index in [1.54, 1.807) is 0 Å². The lowest BCUT2D eigenvalue weighted by atomic mass is 9.91. The van der Waals surface area contributed by atoms with Crippen molar-refractivity contribution < 1.29 is 4.74 Å². The second kappa shape index (κ2) is 6.51. The highest BCUT2D eigenvalue weighted by atomic mass is 16.5. The summed E-state index contributed by atoms with van der Waals surface area (Å²) in [6, 6.07) is 10.8. The Labute approximate surface area is 115 Å². The second-order valence-corrected chi connectivity index (χ2v) is 5.72. The Kier molecular flexibility index (Phi) is 4.49. The molecule has 1 aromatic carbocycles. The first kappa shape index (κ1) is 13.1. The van der Waals surface area contributed by atoms with Crippen molar-refractivity contribution in [2.75, 3.05) is 32.8 Å². The molecular formula is C16H24N2O. The molecule has 2 aliphatic rings. The summed E-state index contributed by atoms with van der Waals surface area (Å²) in [6.07, 6.45) is 2.98. The zero-order chi connectivity index (χ0) is 12.9. The molecule has 3 rings (SSSR count). The van der Waals surface area contributed by atoms with Gasteiger partial charge in [0.2, 0.25) is 0 Å². The monoisotopic (exact) mass is 260 g/mol. The van der Waals surface area contributed by atoms with Gasteiger partial charge in [-0.1, -0.05) is 30.3 Å². The van der Waals surface area contributed by atoms with Gasteiger partial charge in [-0.15, -0.1) is 0 Å². The molecule has 1 N–H and O–H groups in total. The van der Waals surface area contributed by atoms with Crippen LogP contribution in [-0.2, 0) is 11.3 Å². The van der Waals surface area contributed by atoms with Crippen LogP contribution in [0.4, 0.5) is 0 Å². The Morgan fingerprint density at radius 1 is 1.16 bits per heavy atom. The molecule has 19 heavy (non-hydrogen) atoms. The molecule has 104 valence electrons. The number of rotatable bonds is 3. The predicted molar refractivity (Wildman–Crippen MR) is 77.1 cm³/mol. The summed E-state index contributed by atoms with van der Waals surface area (Å²) in [5.41, 5.74) is 1.41. The summed E-state index contributed by atoms with van der Waals surface area (Å²) in [4.78, 5) is 2.55. The quantitative estimate of drug-likeness (QED) is 0.898. The van der Waals surface area contributed by atoms with Crippen LogP contribution < -0.4 is 5.32 Å². The van der Waals surface area contributed by atoms with Gasteiger partial charge in [0, 0.05) is 19.6 Å². The van der Waals surface area contributed by atoms with Gasteiger partial charge in [-0.25, -0.2) is 0 Å². The molecule has 2 aliphatic heterocycles. The van der Waals surface area contributed by atoms with E-state index in [0.29, 0.717) is 6.10 Å². The average Bonchev–Trinajstić information content (AvgIpc) is 2.49. The number of morpholine rings is 1. The topological polar surface area (TPSA) is 24.5 Å². The summed E-state index contributed by atoms with van der Waals surface area (Å²) in [6.45, 7) is 6.43. The minimum atomic E-state index is 0.444. The molecular weight excluding hydrogens is 236 g/mol. The number of benzene rings is 1. The van der Waals surface area contributed by atoms with E-state index < -0.39 is 0 Å². The van der Waals surface area contributed by atoms with Gasteiger partial charge in [0.25, 0.3) is 0 Å². The van der Waals surface area contributed by atoms with Crippen LogP contribution in [0.15, 0.2) is 30.3 Å². The highest BCUT2D eigenvalue weighted by Gasteiger charge is 2.28. The maximum Gasteiger partial charge on any atom is 0.0731 e. The van der Waals surface area contributed by atoms with Crippen molar-refractivity contribution in [3.05, 3.63) is 35.9 Å². The number of hydrogen-bond donors (Lipinski definition) is 1. The zero-order valence-corrected chi connectivity index (χ0v) is 11.6. The molecule has 3 heteroatoms. The highest BCUT2D eigenvalue weighted by Crippen LogP contribution is 2.23. The molecule has 0 aliphatic carbocycles. The summed E-state index contributed by atoms with van der Waals surface area (Å²) in [5, 5.41) is 3.44. The lowest BCUT2D eigenvalue weighted by Crippen LogP contribution is -2.47. The Hall–Kier alpha value is -0.900. The maximum absolute atomic E-state index is 6.02. The molecule has 0 spiro atoms. The molecule has 2 heterocycles. The number of piperidine rings is 1. The summed E-state index contributed by atoms with van der Waals surface area (Å²) in [7, 11) is 0. The fourth-order valence-electron chi connectivity index (χ4n) is 3.22. The van der Waals surface area contributed by atoms with E-state index in [9.17, 15) is 0 Å². The number of ether oxygens (including phenoxy) is 1. The lowest BCUT2D eigenvalue weighted by molar-refractivity contribution is -0.0656. The van der Waals surface area contributed by atoms with E-state index >= 15 is 0 Å². The minimum Gasteiger partial charge on any atom is -0.375 e. The van der Waals surface area contributed by atoms with Crippen LogP contribution in [0.3, 0.4) is 0 Å². The fourth-order valence-corrected chi connectivity index (χ4v) is 3.22. The van der Waals surface area contributed by atoms with Crippen molar-refractivity contribution in [3.63, 3.8) is 0 Å². The van der Waals surface area contributed by atoms with Crippen molar-refractivity contribution in [2.24, 2.45) is 5.92 Å². The third-order valence-electron chi connectivity index (χ3n) is 4.34. The van der Waals surface area contributed by atoms with Crippen LogP contribution >= 0.6 is 0 Å². The van der Waals surface area contributed by atoms with Crippen LogP contribution in [0.5, 0.6) is 0 Å². The molecule has 1 aromatic rings. The molecule has 0 amide bonds. The van der Waals surface area contributed by atoms with E-state index in [1.807, 2.05) is 0 Å². The zero-order valence-electron chi connectivity index (χ0n) is 11.6. The number of hydrogen-bond acceptors (Lipinski definition) is 3. The Bertz CT molecular complexity index is 376. The van der Waals surface area contributed by atoms with Crippen LogP contribution in [0, 0.1) is 5.92 Å². The molecule has 3 nitrogen and oxygen atoms in total. The SMILES string of the molecule is c1ccc(CN2CCO[C@H](C3CCNCC3)C2)cc1. The van der Waals surface area contributed by atoms with E-state index in [4.69, 9.17) is 4.74 Å². The third-order valence-corrected chi connectivity index (χ3v) is 4.34. The van der Waals surface area contributed by atoms with Crippen molar-refractivity contribution >= 4 is 0 Å². The first-order chi connectivity index (χ1) is 9.42. The standard InChI is InChI=1S/C16H24N2O/c1-2-4-14(5-3-1)12-18-10-11-19-16(13-18)15-6-8-17-9-7-15/h1-5,15-17H,6-13H2/t16-/m0/s1. The van der Waals surface area contributed by atoms with Crippen molar-refractivity contribution in [2.45, 2.75) is 25.5 Å². The van der Waals surface area contributed by atoms with Gasteiger partial charge in [-0.3, -0.25) is 4.90 Å². The van der Waals surface area contributed by atoms with E-state index in [-0.39, 0.29) is 0 Å². The second-order valence-electron chi connectivity index (χ2n) is 5.72. The van der Waals surface area contributed by atoms with Crippen LogP contribution in [0.1, 0.15) is 18.4 Å². The van der Waals surface area contributed by atoms with Gasteiger partial charge in [0.05, 0.1) is 12.7 Å². The molecule has 0 aromatic heterocycles. The Morgan fingerprint density at radius 2 is 1.95 bits per heavy atom. The smallest absolute Gasteiger partial charge is 0.0731 e. The van der Waals surface area contributed by atoms with E-state index in [0.717, 1.165) is 45.2 Å². The summed E-state index contributed by atoms with van der Waals surface area (Å²) in [5.74, 6) is 0.750. The molecule has 2 saturated heterocycles. The summed E-state index contributed by atoms with van der Waals surface area (Å²) < 4.78 is 6.02. The number of nitrogens with zero attached hydrogens (tertiary/aromatic N) is 1. The molecule has 2 fully saturated rings. The average molecular weight is 260 g/mol. The van der Waals surface area contributed by atoms with Crippen LogP contribution in [0.25, 0.3) is 0 Å². The third kappa shape index (κ3) is 3.56. The van der Waals surface area contributed by atoms with Gasteiger partial charge in [0.15, 0.2) is 0 Å². The predicted octanol–water partition coefficient (Wildman–Crippen LogP) is 1.89. The largest absolute Gasteiger partial charge is 0.375 e.